The molecule has 12 nitrogen and oxygen atoms in total. The number of amides is 2. The summed E-state index contributed by atoms with van der Waals surface area (Å²) < 4.78 is 0.726. The summed E-state index contributed by atoms with van der Waals surface area (Å²) in [5.74, 6) is -1.61. The molecular weight excluding hydrogens is 510 g/mol. The first kappa shape index (κ1) is 23.5. The Kier molecular flexibility index (Phi) is 6.87. The molecule has 1 unspecified atom stereocenters. The van der Waals surface area contributed by atoms with Gasteiger partial charge in [-0.1, -0.05) is 28.3 Å². The molecule has 4 N–H and O–H groups in total. The van der Waals surface area contributed by atoms with E-state index in [4.69, 9.17) is 10.6 Å². The quantitative estimate of drug-likeness (QED) is 0.191. The van der Waals surface area contributed by atoms with Crippen molar-refractivity contribution >= 4 is 74.8 Å². The van der Waals surface area contributed by atoms with Gasteiger partial charge in [-0.3, -0.25) is 14.5 Å². The highest BCUT2D eigenvalue weighted by molar-refractivity contribution is 8.01. The second-order valence-electron chi connectivity index (χ2n) is 6.69. The minimum atomic E-state index is -1.19. The number of aliphatic carboxylic acids is 1. The van der Waals surface area contributed by atoms with Crippen LogP contribution in [0.25, 0.3) is 0 Å². The van der Waals surface area contributed by atoms with Crippen molar-refractivity contribution in [1.29, 1.82) is 0 Å². The van der Waals surface area contributed by atoms with E-state index in [1.165, 1.54) is 46.9 Å². The average molecular weight is 528 g/mol. The van der Waals surface area contributed by atoms with E-state index < -0.39 is 29.2 Å². The number of hydrogen-bond donors (Lipinski definition) is 3. The minimum absolute atomic E-state index is 0.0546. The number of nitrogen functional groups attached to an aromatic ring is 1. The number of anilines is 1. The Balaban J connectivity index is 1.49. The Hall–Kier alpha value is -2.69. The smallest absolute Gasteiger partial charge is 0.352 e. The standard InChI is InChI=1S/C17H17N7O5S4/c1-6-21-22-17(33-6)32-4-7-3-30-14-10(13(26)24(14)11(7)15(27)28)20-12(25)9(23-29-2)8-5-31-16(18)19-8/h5,10,14H,3-4H2,1-2H3,(H2,18,19)(H,20,25)(H,27,28)/t10?,14-/m0/s1. The Morgan fingerprint density at radius 2 is 2.24 bits per heavy atom. The number of carbonyl (C=O) groups excluding carboxylic acids is 2. The van der Waals surface area contributed by atoms with E-state index in [0.29, 0.717) is 17.1 Å². The molecule has 2 amide bonds. The summed E-state index contributed by atoms with van der Waals surface area (Å²) in [6.45, 7) is 1.84. The summed E-state index contributed by atoms with van der Waals surface area (Å²) in [7, 11) is 1.28. The minimum Gasteiger partial charge on any atom is -0.477 e. The molecule has 1 saturated heterocycles. The normalized spacial score (nSPS) is 20.4. The van der Waals surface area contributed by atoms with Gasteiger partial charge >= 0.3 is 5.97 Å². The molecule has 2 aliphatic heterocycles. The van der Waals surface area contributed by atoms with Crippen molar-refractivity contribution in [2.45, 2.75) is 22.7 Å². The summed E-state index contributed by atoms with van der Waals surface area (Å²) >= 11 is 5.30. The van der Waals surface area contributed by atoms with Crippen molar-refractivity contribution in [3.8, 4) is 0 Å². The maximum atomic E-state index is 12.9. The molecule has 1 fully saturated rings. The van der Waals surface area contributed by atoms with Crippen molar-refractivity contribution in [2.75, 3.05) is 24.3 Å². The molecule has 174 valence electrons. The van der Waals surface area contributed by atoms with Crippen LogP contribution >= 0.6 is 46.2 Å². The lowest BCUT2D eigenvalue weighted by atomic mass is 10.0. The van der Waals surface area contributed by atoms with Gasteiger partial charge < -0.3 is 21.0 Å². The second kappa shape index (κ2) is 9.66. The van der Waals surface area contributed by atoms with Crippen LogP contribution in [0.4, 0.5) is 5.13 Å². The molecule has 2 aliphatic rings. The number of thiazole rings is 1. The SMILES string of the molecule is CON=C(C(=O)NC1C(=O)N2C(C(=O)O)=C(CSc3nnc(C)s3)CS[C@@H]12)c1csc(N)n1. The van der Waals surface area contributed by atoms with Crippen LogP contribution in [0, 0.1) is 6.92 Å². The van der Waals surface area contributed by atoms with E-state index in [0.717, 1.165) is 20.7 Å². The third-order valence-corrected chi connectivity index (χ3v) is 8.65. The molecule has 2 atom stereocenters. The van der Waals surface area contributed by atoms with E-state index in [1.807, 2.05) is 6.92 Å². The zero-order valence-corrected chi connectivity index (χ0v) is 20.4. The number of fused-ring (bicyclic) bond motifs is 1. The fraction of sp³-hybridized carbons (Fsp3) is 0.353. The Morgan fingerprint density at radius 3 is 2.85 bits per heavy atom. The summed E-state index contributed by atoms with van der Waals surface area (Å²) in [6.07, 6.45) is 0. The van der Waals surface area contributed by atoms with Gasteiger partial charge in [0, 0.05) is 16.9 Å². The van der Waals surface area contributed by atoms with E-state index >= 15 is 0 Å². The van der Waals surface area contributed by atoms with Gasteiger partial charge in [-0.15, -0.1) is 33.3 Å². The van der Waals surface area contributed by atoms with Crippen molar-refractivity contribution < 1.29 is 24.3 Å². The first-order valence-electron chi connectivity index (χ1n) is 9.26. The molecule has 0 radical (unpaired) electrons. The number of carbonyl (C=O) groups is 3. The number of nitrogens with zero attached hydrogens (tertiary/aromatic N) is 5. The number of rotatable bonds is 8. The number of carboxylic acid groups (broad SMARTS) is 1. The van der Waals surface area contributed by atoms with E-state index in [1.54, 1.807) is 5.38 Å². The number of carboxylic acids is 1. The third-order valence-electron chi connectivity index (χ3n) is 4.58. The van der Waals surface area contributed by atoms with Crippen LogP contribution in [0.15, 0.2) is 26.1 Å². The van der Waals surface area contributed by atoms with E-state index in [-0.39, 0.29) is 22.2 Å². The highest BCUT2D eigenvalue weighted by Gasteiger charge is 2.54. The maximum absolute atomic E-state index is 12.9. The topological polar surface area (TPSA) is 173 Å². The van der Waals surface area contributed by atoms with Crippen molar-refractivity contribution in [1.82, 2.24) is 25.4 Å². The van der Waals surface area contributed by atoms with Gasteiger partial charge in [-0.05, 0) is 12.5 Å². The molecule has 2 aromatic rings. The maximum Gasteiger partial charge on any atom is 0.352 e. The van der Waals surface area contributed by atoms with Crippen molar-refractivity contribution in [3.63, 3.8) is 0 Å². The molecule has 2 aromatic heterocycles. The van der Waals surface area contributed by atoms with Gasteiger partial charge in [0.2, 0.25) is 0 Å². The highest BCUT2D eigenvalue weighted by Crippen LogP contribution is 2.41. The van der Waals surface area contributed by atoms with E-state index in [2.05, 4.69) is 25.7 Å². The summed E-state index contributed by atoms with van der Waals surface area (Å²) in [5.41, 5.74) is 6.27. The predicted octanol–water partition coefficient (Wildman–Crippen LogP) is 0.767. The van der Waals surface area contributed by atoms with Gasteiger partial charge in [0.25, 0.3) is 11.8 Å². The van der Waals surface area contributed by atoms with E-state index in [9.17, 15) is 19.5 Å². The fourth-order valence-electron chi connectivity index (χ4n) is 3.18. The van der Waals surface area contributed by atoms with Crippen LogP contribution < -0.4 is 11.1 Å². The number of thioether (sulfide) groups is 2. The highest BCUT2D eigenvalue weighted by atomic mass is 32.2. The second-order valence-corrected chi connectivity index (χ2v) is 11.1. The molecule has 0 aromatic carbocycles. The number of β-lactam (4-membered cyclic amide) rings is 1. The zero-order valence-electron chi connectivity index (χ0n) is 17.2. The molecule has 0 saturated carbocycles. The lowest BCUT2D eigenvalue weighted by Crippen LogP contribution is -2.71. The average Bonchev–Trinajstić information content (AvgIpc) is 3.40. The van der Waals surface area contributed by atoms with Crippen LogP contribution in [-0.2, 0) is 19.2 Å². The number of aryl methyl sites for hydroxylation is 1. The van der Waals surface area contributed by atoms with Gasteiger partial charge in [0.15, 0.2) is 15.2 Å². The molecule has 0 aliphatic carbocycles. The molecule has 16 heteroatoms. The first-order chi connectivity index (χ1) is 15.8. The summed E-state index contributed by atoms with van der Waals surface area (Å²) in [6, 6.07) is -0.907. The van der Waals surface area contributed by atoms with Gasteiger partial charge in [0.1, 0.15) is 34.9 Å². The van der Waals surface area contributed by atoms with Crippen LogP contribution in [0.2, 0.25) is 0 Å². The predicted molar refractivity (Wildman–Crippen MR) is 125 cm³/mol. The van der Waals surface area contributed by atoms with Crippen LogP contribution in [0.3, 0.4) is 0 Å². The Bertz CT molecular complexity index is 1180. The molecule has 0 bridgehead atoms. The molecule has 0 spiro atoms. The first-order valence-corrected chi connectivity index (χ1v) is 13.0. The van der Waals surface area contributed by atoms with Gasteiger partial charge in [-0.25, -0.2) is 9.78 Å². The largest absolute Gasteiger partial charge is 0.477 e. The lowest BCUT2D eigenvalue weighted by Gasteiger charge is -2.49. The van der Waals surface area contributed by atoms with Crippen LogP contribution in [0.5, 0.6) is 0 Å². The number of nitrogens with two attached hydrogens (primary N) is 1. The van der Waals surface area contributed by atoms with Crippen LogP contribution in [0.1, 0.15) is 10.7 Å². The van der Waals surface area contributed by atoms with Crippen molar-refractivity contribution in [2.24, 2.45) is 5.16 Å². The molecule has 4 rings (SSSR count). The zero-order chi connectivity index (χ0) is 23.7. The summed E-state index contributed by atoms with van der Waals surface area (Å²) in [5, 5.41) is 26.2. The van der Waals surface area contributed by atoms with Crippen molar-refractivity contribution in [3.05, 3.63) is 27.4 Å². The Morgan fingerprint density at radius 1 is 1.45 bits per heavy atom. The van der Waals surface area contributed by atoms with Gasteiger partial charge in [-0.2, -0.15) is 0 Å². The number of nitrogens with one attached hydrogen (secondary N) is 1. The Labute approximate surface area is 203 Å². The van der Waals surface area contributed by atoms with Gasteiger partial charge in [0.05, 0.1) is 0 Å². The summed E-state index contributed by atoms with van der Waals surface area (Å²) in [4.78, 5) is 47.6. The molecular formula is C17H17N7O5S4. The lowest BCUT2D eigenvalue weighted by molar-refractivity contribution is -0.150. The monoisotopic (exact) mass is 527 g/mol. The number of aromatic nitrogens is 3. The number of oxime groups is 1. The molecule has 33 heavy (non-hydrogen) atoms. The fourth-order valence-corrected chi connectivity index (χ4v) is 7.03. The van der Waals surface area contributed by atoms with Crippen LogP contribution in [-0.4, -0.2) is 78.7 Å². The molecule has 4 heterocycles. The third kappa shape index (κ3) is 4.68. The number of hydrogen-bond acceptors (Lipinski definition) is 13.